The van der Waals surface area contributed by atoms with E-state index < -0.39 is 6.10 Å². The molecule has 2 rings (SSSR count). The van der Waals surface area contributed by atoms with Crippen LogP contribution in [-0.4, -0.2) is 37.9 Å². The third kappa shape index (κ3) is 5.73. The molecule has 0 fully saturated rings. The summed E-state index contributed by atoms with van der Waals surface area (Å²) in [6, 6.07) is 20.0. The van der Waals surface area contributed by atoms with Crippen molar-refractivity contribution in [3.8, 4) is 0 Å². The quantitative estimate of drug-likeness (QED) is 0.587. The van der Waals surface area contributed by atoms with Crippen molar-refractivity contribution in [1.82, 2.24) is 10.6 Å². The standard InChI is InChI=1S/C20H28N2O2/c1-16(20(23)18-11-7-4-8-12-18)22-14-13-21-15-19(24-2)17-9-5-3-6-10-17/h3-12,16,19-23H,13-15H2,1-2H3. The Morgan fingerprint density at radius 3 is 2.08 bits per heavy atom. The van der Waals surface area contributed by atoms with Crippen molar-refractivity contribution in [2.24, 2.45) is 0 Å². The van der Waals surface area contributed by atoms with Gasteiger partial charge in [0.15, 0.2) is 0 Å². The lowest BCUT2D eigenvalue weighted by Crippen LogP contribution is -2.38. The fraction of sp³-hybridized carbons (Fsp3) is 0.400. The summed E-state index contributed by atoms with van der Waals surface area (Å²) in [5, 5.41) is 17.1. The molecule has 0 saturated heterocycles. The first-order valence-corrected chi connectivity index (χ1v) is 8.47. The van der Waals surface area contributed by atoms with Crippen LogP contribution in [0.5, 0.6) is 0 Å². The molecule has 0 amide bonds. The lowest BCUT2D eigenvalue weighted by molar-refractivity contribution is 0.102. The van der Waals surface area contributed by atoms with Gasteiger partial charge in [0.1, 0.15) is 0 Å². The number of hydrogen-bond donors (Lipinski definition) is 3. The van der Waals surface area contributed by atoms with Crippen LogP contribution in [0.1, 0.15) is 30.3 Å². The lowest BCUT2D eigenvalue weighted by atomic mass is 10.0. The second-order valence-electron chi connectivity index (χ2n) is 5.94. The van der Waals surface area contributed by atoms with Gasteiger partial charge in [-0.1, -0.05) is 60.7 Å². The van der Waals surface area contributed by atoms with Gasteiger partial charge in [-0.05, 0) is 18.1 Å². The summed E-state index contributed by atoms with van der Waals surface area (Å²) < 4.78 is 5.54. The highest BCUT2D eigenvalue weighted by Crippen LogP contribution is 2.16. The van der Waals surface area contributed by atoms with Crippen molar-refractivity contribution in [2.75, 3.05) is 26.7 Å². The molecule has 0 aliphatic heterocycles. The normalized spacial score (nSPS) is 15.0. The monoisotopic (exact) mass is 328 g/mol. The van der Waals surface area contributed by atoms with Crippen LogP contribution in [-0.2, 0) is 4.74 Å². The fourth-order valence-electron chi connectivity index (χ4n) is 2.68. The first-order chi connectivity index (χ1) is 11.7. The summed E-state index contributed by atoms with van der Waals surface area (Å²) in [6.45, 7) is 4.37. The molecule has 2 aromatic carbocycles. The second-order valence-corrected chi connectivity index (χ2v) is 5.94. The van der Waals surface area contributed by atoms with E-state index in [4.69, 9.17) is 4.74 Å². The molecule has 4 nitrogen and oxygen atoms in total. The maximum absolute atomic E-state index is 10.3. The highest BCUT2D eigenvalue weighted by Gasteiger charge is 2.15. The van der Waals surface area contributed by atoms with Gasteiger partial charge < -0.3 is 20.5 Å². The molecule has 130 valence electrons. The van der Waals surface area contributed by atoms with Crippen LogP contribution in [0.15, 0.2) is 60.7 Å². The Bertz CT molecular complexity index is 562. The average molecular weight is 328 g/mol. The Kier molecular flexibility index (Phi) is 7.92. The maximum Gasteiger partial charge on any atom is 0.0945 e. The lowest BCUT2D eigenvalue weighted by Gasteiger charge is -2.21. The molecule has 24 heavy (non-hydrogen) atoms. The van der Waals surface area contributed by atoms with E-state index >= 15 is 0 Å². The van der Waals surface area contributed by atoms with Crippen molar-refractivity contribution >= 4 is 0 Å². The number of hydrogen-bond acceptors (Lipinski definition) is 4. The molecule has 0 aliphatic carbocycles. The number of methoxy groups -OCH3 is 1. The minimum Gasteiger partial charge on any atom is -0.387 e. The Balaban J connectivity index is 1.67. The van der Waals surface area contributed by atoms with Crippen molar-refractivity contribution < 1.29 is 9.84 Å². The predicted molar refractivity (Wildman–Crippen MR) is 97.9 cm³/mol. The van der Waals surface area contributed by atoms with E-state index in [9.17, 15) is 5.11 Å². The predicted octanol–water partition coefficient (Wildman–Crippen LogP) is 2.68. The van der Waals surface area contributed by atoms with Gasteiger partial charge in [-0.25, -0.2) is 0 Å². The van der Waals surface area contributed by atoms with E-state index in [1.807, 2.05) is 55.5 Å². The molecular formula is C20H28N2O2. The van der Waals surface area contributed by atoms with Crippen molar-refractivity contribution in [2.45, 2.75) is 25.2 Å². The molecule has 0 aliphatic rings. The molecule has 0 aromatic heterocycles. The summed E-state index contributed by atoms with van der Waals surface area (Å²) in [7, 11) is 1.73. The van der Waals surface area contributed by atoms with Crippen molar-refractivity contribution in [3.05, 3.63) is 71.8 Å². The number of rotatable bonds is 10. The first kappa shape index (κ1) is 18.6. The molecule has 0 saturated carbocycles. The van der Waals surface area contributed by atoms with Crippen LogP contribution in [0.3, 0.4) is 0 Å². The van der Waals surface area contributed by atoms with Crippen LogP contribution in [0.2, 0.25) is 0 Å². The molecule has 3 unspecified atom stereocenters. The smallest absolute Gasteiger partial charge is 0.0945 e. The zero-order chi connectivity index (χ0) is 17.2. The highest BCUT2D eigenvalue weighted by molar-refractivity contribution is 5.19. The molecule has 0 heterocycles. The second kappa shape index (κ2) is 10.2. The Morgan fingerprint density at radius 2 is 1.50 bits per heavy atom. The number of ether oxygens (including phenoxy) is 1. The van der Waals surface area contributed by atoms with Crippen LogP contribution >= 0.6 is 0 Å². The number of benzene rings is 2. The average Bonchev–Trinajstić information content (AvgIpc) is 2.65. The molecule has 2 aromatic rings. The minimum atomic E-state index is -0.498. The van der Waals surface area contributed by atoms with Crippen LogP contribution in [0, 0.1) is 0 Å². The van der Waals surface area contributed by atoms with Crippen LogP contribution in [0.25, 0.3) is 0 Å². The number of aliphatic hydroxyl groups is 1. The summed E-state index contributed by atoms with van der Waals surface area (Å²) in [5.41, 5.74) is 2.11. The van der Waals surface area contributed by atoms with Crippen LogP contribution < -0.4 is 10.6 Å². The topological polar surface area (TPSA) is 53.5 Å². The van der Waals surface area contributed by atoms with E-state index in [1.54, 1.807) is 7.11 Å². The summed E-state index contributed by atoms with van der Waals surface area (Å²) in [4.78, 5) is 0. The van der Waals surface area contributed by atoms with Gasteiger partial charge in [-0.3, -0.25) is 0 Å². The summed E-state index contributed by atoms with van der Waals surface area (Å²) in [5.74, 6) is 0. The van der Waals surface area contributed by atoms with Gasteiger partial charge in [0.25, 0.3) is 0 Å². The summed E-state index contributed by atoms with van der Waals surface area (Å²) >= 11 is 0. The van der Waals surface area contributed by atoms with Gasteiger partial charge in [-0.15, -0.1) is 0 Å². The zero-order valence-corrected chi connectivity index (χ0v) is 14.5. The Hall–Kier alpha value is -1.72. The number of aliphatic hydroxyl groups excluding tert-OH is 1. The van der Waals surface area contributed by atoms with E-state index in [-0.39, 0.29) is 12.1 Å². The van der Waals surface area contributed by atoms with E-state index in [0.717, 1.165) is 25.2 Å². The molecule has 0 radical (unpaired) electrons. The van der Waals surface area contributed by atoms with E-state index in [1.165, 1.54) is 5.56 Å². The van der Waals surface area contributed by atoms with Crippen molar-refractivity contribution in [3.63, 3.8) is 0 Å². The Morgan fingerprint density at radius 1 is 0.917 bits per heavy atom. The van der Waals surface area contributed by atoms with E-state index in [0.29, 0.717) is 0 Å². The van der Waals surface area contributed by atoms with E-state index in [2.05, 4.69) is 22.8 Å². The first-order valence-electron chi connectivity index (χ1n) is 8.47. The van der Waals surface area contributed by atoms with Gasteiger partial charge >= 0.3 is 0 Å². The highest BCUT2D eigenvalue weighted by atomic mass is 16.5. The third-order valence-electron chi connectivity index (χ3n) is 4.17. The molecular weight excluding hydrogens is 300 g/mol. The Labute approximate surface area is 144 Å². The zero-order valence-electron chi connectivity index (χ0n) is 14.5. The molecule has 3 atom stereocenters. The van der Waals surface area contributed by atoms with Gasteiger partial charge in [-0.2, -0.15) is 0 Å². The van der Waals surface area contributed by atoms with Gasteiger partial charge in [0.05, 0.1) is 12.2 Å². The van der Waals surface area contributed by atoms with Crippen LogP contribution in [0.4, 0.5) is 0 Å². The van der Waals surface area contributed by atoms with Crippen molar-refractivity contribution in [1.29, 1.82) is 0 Å². The SMILES string of the molecule is COC(CNCCNC(C)C(O)c1ccccc1)c1ccccc1. The van der Waals surface area contributed by atoms with Gasteiger partial charge in [0, 0.05) is 32.8 Å². The maximum atomic E-state index is 10.3. The largest absolute Gasteiger partial charge is 0.387 e. The molecule has 0 bridgehead atoms. The van der Waals surface area contributed by atoms with Gasteiger partial charge in [0.2, 0.25) is 0 Å². The molecule has 0 spiro atoms. The fourth-order valence-corrected chi connectivity index (χ4v) is 2.68. The number of nitrogens with one attached hydrogen (secondary N) is 2. The summed E-state index contributed by atoms with van der Waals surface area (Å²) in [6.07, 6.45) is -0.444. The molecule has 3 N–H and O–H groups in total. The molecule has 4 heteroatoms. The minimum absolute atomic E-state index is 0.00143. The third-order valence-corrected chi connectivity index (χ3v) is 4.17.